The average molecular weight is 341 g/mol. The van der Waals surface area contributed by atoms with Crippen molar-refractivity contribution in [3.8, 4) is 5.75 Å². The lowest BCUT2D eigenvalue weighted by Gasteiger charge is -2.31. The van der Waals surface area contributed by atoms with Crippen molar-refractivity contribution in [2.45, 2.75) is 25.8 Å². The fraction of sp³-hybridized carbons (Fsp3) is 0.533. The van der Waals surface area contributed by atoms with Crippen molar-refractivity contribution in [1.82, 2.24) is 9.62 Å². The van der Waals surface area contributed by atoms with Crippen LogP contribution in [0.25, 0.3) is 0 Å². The molecule has 2 amide bonds. The zero-order valence-corrected chi connectivity index (χ0v) is 14.4. The predicted octanol–water partition coefficient (Wildman–Crippen LogP) is 1.55. The Morgan fingerprint density at radius 3 is 2.78 bits per heavy atom. The molecule has 1 aliphatic rings. The second kappa shape index (κ2) is 7.18. The van der Waals surface area contributed by atoms with Gasteiger partial charge in [0.05, 0.1) is 19.1 Å². The summed E-state index contributed by atoms with van der Waals surface area (Å²) in [5.41, 5.74) is 1.59. The molecule has 2 N–H and O–H groups in total. The smallest absolute Gasteiger partial charge is 0.319 e. The van der Waals surface area contributed by atoms with Gasteiger partial charge in [0, 0.05) is 19.1 Å². The number of benzene rings is 1. The minimum Gasteiger partial charge on any atom is -0.495 e. The summed E-state index contributed by atoms with van der Waals surface area (Å²) >= 11 is 0. The van der Waals surface area contributed by atoms with Crippen molar-refractivity contribution in [2.24, 2.45) is 0 Å². The number of sulfonamides is 1. The van der Waals surface area contributed by atoms with Crippen molar-refractivity contribution >= 4 is 21.7 Å². The highest BCUT2D eigenvalue weighted by Gasteiger charge is 2.26. The van der Waals surface area contributed by atoms with Gasteiger partial charge in [-0.3, -0.25) is 0 Å². The van der Waals surface area contributed by atoms with E-state index >= 15 is 0 Å². The van der Waals surface area contributed by atoms with E-state index in [9.17, 15) is 13.2 Å². The second-order valence-corrected chi connectivity index (χ2v) is 7.74. The standard InChI is InChI=1S/C15H23N3O4S/c1-11-6-7-14(22-2)13(9-11)17-15(19)16-12-5-4-8-18(10-12)23(3,20)21/h6-7,9,12H,4-5,8,10H2,1-3H3,(H2,16,17,19)/t12-/m1/s1. The molecule has 1 aromatic carbocycles. The van der Waals surface area contributed by atoms with Crippen LogP contribution in [0.2, 0.25) is 0 Å². The second-order valence-electron chi connectivity index (χ2n) is 5.76. The minimum absolute atomic E-state index is 0.200. The Kier molecular flexibility index (Phi) is 5.48. The van der Waals surface area contributed by atoms with Crippen LogP contribution in [0.4, 0.5) is 10.5 Å². The topological polar surface area (TPSA) is 87.7 Å². The Bertz CT molecular complexity index is 675. The molecule has 0 aromatic heterocycles. The van der Waals surface area contributed by atoms with E-state index in [1.54, 1.807) is 13.2 Å². The first kappa shape index (κ1) is 17.6. The fourth-order valence-corrected chi connectivity index (χ4v) is 3.54. The largest absolute Gasteiger partial charge is 0.495 e. The SMILES string of the molecule is COc1ccc(C)cc1NC(=O)N[C@@H]1CCCN(S(C)(=O)=O)C1. The molecule has 23 heavy (non-hydrogen) atoms. The van der Waals surface area contributed by atoms with E-state index in [2.05, 4.69) is 10.6 Å². The van der Waals surface area contributed by atoms with Crippen LogP contribution in [-0.2, 0) is 10.0 Å². The van der Waals surface area contributed by atoms with E-state index in [1.165, 1.54) is 10.6 Å². The zero-order valence-electron chi connectivity index (χ0n) is 13.6. The normalized spacial score (nSPS) is 19.2. The van der Waals surface area contributed by atoms with Gasteiger partial charge in [0.2, 0.25) is 10.0 Å². The molecule has 1 heterocycles. The molecule has 1 atom stereocenters. The quantitative estimate of drug-likeness (QED) is 0.870. The number of amides is 2. The van der Waals surface area contributed by atoms with Gasteiger partial charge < -0.3 is 15.4 Å². The lowest BCUT2D eigenvalue weighted by molar-refractivity contribution is 0.236. The molecule has 0 unspecified atom stereocenters. The highest BCUT2D eigenvalue weighted by Crippen LogP contribution is 2.25. The molecule has 0 spiro atoms. The summed E-state index contributed by atoms with van der Waals surface area (Å²) in [7, 11) is -1.69. The van der Waals surface area contributed by atoms with Crippen molar-refractivity contribution in [3.05, 3.63) is 23.8 Å². The molecule has 1 fully saturated rings. The van der Waals surface area contributed by atoms with E-state index in [4.69, 9.17) is 4.74 Å². The van der Waals surface area contributed by atoms with E-state index in [-0.39, 0.29) is 12.1 Å². The lowest BCUT2D eigenvalue weighted by Crippen LogP contribution is -2.50. The summed E-state index contributed by atoms with van der Waals surface area (Å²) in [6, 6.07) is 4.94. The van der Waals surface area contributed by atoms with Crippen LogP contribution >= 0.6 is 0 Å². The number of hydrogen-bond donors (Lipinski definition) is 2. The number of carbonyl (C=O) groups excluding carboxylic acids is 1. The molecule has 1 aliphatic heterocycles. The summed E-state index contributed by atoms with van der Waals surface area (Å²) < 4.78 is 29.8. The highest BCUT2D eigenvalue weighted by atomic mass is 32.2. The molecule has 8 heteroatoms. The first-order valence-corrected chi connectivity index (χ1v) is 9.31. The van der Waals surface area contributed by atoms with Gasteiger partial charge >= 0.3 is 6.03 Å². The summed E-state index contributed by atoms with van der Waals surface area (Å²) in [4.78, 5) is 12.2. The zero-order chi connectivity index (χ0) is 17.0. The highest BCUT2D eigenvalue weighted by molar-refractivity contribution is 7.88. The fourth-order valence-electron chi connectivity index (χ4n) is 2.62. The van der Waals surface area contributed by atoms with E-state index in [1.807, 2.05) is 19.1 Å². The molecule has 1 aromatic rings. The van der Waals surface area contributed by atoms with E-state index in [0.29, 0.717) is 24.5 Å². The number of methoxy groups -OCH3 is 1. The molecule has 0 aliphatic carbocycles. The summed E-state index contributed by atoms with van der Waals surface area (Å²) in [5, 5.41) is 5.59. The number of carbonyl (C=O) groups is 1. The van der Waals surface area contributed by atoms with Crippen LogP contribution in [0.5, 0.6) is 5.75 Å². The molecule has 0 bridgehead atoms. The predicted molar refractivity (Wildman–Crippen MR) is 89.3 cm³/mol. The summed E-state index contributed by atoms with van der Waals surface area (Å²) in [6.45, 7) is 2.73. The number of nitrogens with zero attached hydrogens (tertiary/aromatic N) is 1. The molecular formula is C15H23N3O4S. The van der Waals surface area contributed by atoms with Gasteiger partial charge in [-0.2, -0.15) is 0 Å². The number of piperidine rings is 1. The summed E-state index contributed by atoms with van der Waals surface area (Å²) in [6.07, 6.45) is 2.67. The van der Waals surface area contributed by atoms with Crippen molar-refractivity contribution < 1.29 is 17.9 Å². The van der Waals surface area contributed by atoms with Gasteiger partial charge in [-0.1, -0.05) is 6.07 Å². The maximum absolute atomic E-state index is 12.2. The number of aryl methyl sites for hydroxylation is 1. The minimum atomic E-state index is -3.23. The van der Waals surface area contributed by atoms with Crippen molar-refractivity contribution in [1.29, 1.82) is 0 Å². The van der Waals surface area contributed by atoms with E-state index < -0.39 is 10.0 Å². The van der Waals surface area contributed by atoms with Crippen LogP contribution in [0.3, 0.4) is 0 Å². The van der Waals surface area contributed by atoms with Crippen molar-refractivity contribution in [3.63, 3.8) is 0 Å². The van der Waals surface area contributed by atoms with Gasteiger partial charge in [-0.05, 0) is 37.5 Å². The third kappa shape index (κ3) is 4.84. The van der Waals surface area contributed by atoms with Crippen LogP contribution in [-0.4, -0.2) is 51.3 Å². The van der Waals surface area contributed by atoms with Crippen molar-refractivity contribution in [2.75, 3.05) is 31.8 Å². The van der Waals surface area contributed by atoms with E-state index in [0.717, 1.165) is 18.4 Å². The summed E-state index contributed by atoms with van der Waals surface area (Å²) in [5.74, 6) is 0.576. The molecule has 2 rings (SSSR count). The third-order valence-corrected chi connectivity index (χ3v) is 5.06. The third-order valence-electron chi connectivity index (χ3n) is 3.79. The van der Waals surface area contributed by atoms with Crippen LogP contribution in [0, 0.1) is 6.92 Å². The molecule has 0 saturated carbocycles. The Morgan fingerprint density at radius 1 is 1.39 bits per heavy atom. The van der Waals surface area contributed by atoms with Crippen LogP contribution in [0.1, 0.15) is 18.4 Å². The molecule has 128 valence electrons. The maximum Gasteiger partial charge on any atom is 0.319 e. The Balaban J connectivity index is 1.98. The van der Waals surface area contributed by atoms with Crippen LogP contribution < -0.4 is 15.4 Å². The molecule has 7 nitrogen and oxygen atoms in total. The van der Waals surface area contributed by atoms with Gasteiger partial charge in [0.25, 0.3) is 0 Å². The monoisotopic (exact) mass is 341 g/mol. The molecular weight excluding hydrogens is 318 g/mol. The lowest BCUT2D eigenvalue weighted by atomic mass is 10.1. The number of anilines is 1. The first-order valence-electron chi connectivity index (χ1n) is 7.47. The number of rotatable bonds is 4. The maximum atomic E-state index is 12.2. The van der Waals surface area contributed by atoms with Gasteiger partial charge in [-0.15, -0.1) is 0 Å². The number of urea groups is 1. The van der Waals surface area contributed by atoms with Crippen LogP contribution in [0.15, 0.2) is 18.2 Å². The Morgan fingerprint density at radius 2 is 2.13 bits per heavy atom. The van der Waals surface area contributed by atoms with Gasteiger partial charge in [0.1, 0.15) is 5.75 Å². The molecule has 0 radical (unpaired) electrons. The van der Waals surface area contributed by atoms with Gasteiger partial charge in [-0.25, -0.2) is 17.5 Å². The Labute approximate surface area is 137 Å². The molecule has 1 saturated heterocycles. The average Bonchev–Trinajstić information content (AvgIpc) is 2.46. The number of ether oxygens (including phenoxy) is 1. The first-order chi connectivity index (χ1) is 10.8. The Hall–Kier alpha value is -1.80. The van der Waals surface area contributed by atoms with Gasteiger partial charge in [0.15, 0.2) is 0 Å². The number of hydrogen-bond acceptors (Lipinski definition) is 4. The number of nitrogens with one attached hydrogen (secondary N) is 2.